The molecule has 2 rings (SSSR count). The summed E-state index contributed by atoms with van der Waals surface area (Å²) in [6.45, 7) is 0. The molecule has 0 saturated carbocycles. The molecule has 0 fully saturated rings. The van der Waals surface area contributed by atoms with Crippen LogP contribution in [0.4, 0.5) is 13.2 Å². The van der Waals surface area contributed by atoms with Gasteiger partial charge in [0.15, 0.2) is 0 Å². The molecule has 0 aliphatic carbocycles. The number of carbonyl (C=O) groups excluding carboxylic acids is 1. The summed E-state index contributed by atoms with van der Waals surface area (Å²) < 4.78 is 37.7. The molecule has 2 aromatic carbocycles. The van der Waals surface area contributed by atoms with Gasteiger partial charge >= 0.3 is 6.18 Å². The molecule has 0 spiro atoms. The fourth-order valence-electron chi connectivity index (χ4n) is 1.66. The lowest BCUT2D eigenvalue weighted by Gasteiger charge is -2.07. The maximum absolute atomic E-state index is 12.6. The number of para-hydroxylation sites is 1. The Hall–Kier alpha value is -2.83. The van der Waals surface area contributed by atoms with Gasteiger partial charge in [0.05, 0.1) is 11.8 Å². The van der Waals surface area contributed by atoms with E-state index in [1.807, 2.05) is 0 Å². The predicted octanol–water partition coefficient (Wildman–Crippen LogP) is 3.17. The molecule has 0 bridgehead atoms. The largest absolute Gasteiger partial charge is 0.507 e. The molecule has 7 heteroatoms. The Morgan fingerprint density at radius 3 is 2.55 bits per heavy atom. The third-order valence-electron chi connectivity index (χ3n) is 2.76. The first-order valence-electron chi connectivity index (χ1n) is 6.16. The van der Waals surface area contributed by atoms with Gasteiger partial charge in [-0.2, -0.15) is 18.3 Å². The highest BCUT2D eigenvalue weighted by Crippen LogP contribution is 2.29. The number of halogens is 3. The first-order valence-corrected chi connectivity index (χ1v) is 6.16. The van der Waals surface area contributed by atoms with Crippen LogP contribution in [0.1, 0.15) is 21.5 Å². The summed E-state index contributed by atoms with van der Waals surface area (Å²) in [4.78, 5) is 11.7. The molecule has 0 heterocycles. The van der Waals surface area contributed by atoms with Crippen molar-refractivity contribution in [2.45, 2.75) is 6.18 Å². The van der Waals surface area contributed by atoms with Crippen LogP contribution in [-0.4, -0.2) is 17.2 Å². The number of nitrogens with zero attached hydrogens (tertiary/aromatic N) is 1. The third-order valence-corrected chi connectivity index (χ3v) is 2.76. The van der Waals surface area contributed by atoms with Crippen molar-refractivity contribution in [1.29, 1.82) is 0 Å². The van der Waals surface area contributed by atoms with Gasteiger partial charge in [-0.3, -0.25) is 4.79 Å². The molecule has 0 aromatic heterocycles. The van der Waals surface area contributed by atoms with Crippen molar-refractivity contribution in [3.63, 3.8) is 0 Å². The number of amides is 1. The summed E-state index contributed by atoms with van der Waals surface area (Å²) in [5.74, 6) is -0.808. The zero-order valence-electron chi connectivity index (χ0n) is 11.1. The highest BCUT2D eigenvalue weighted by atomic mass is 19.4. The van der Waals surface area contributed by atoms with Gasteiger partial charge in [0.1, 0.15) is 5.75 Å². The standard InChI is InChI=1S/C15H11F3N2O2/c16-15(17,18)12-6-3-5-10(8-12)14(22)20-19-9-11-4-1-2-7-13(11)21/h1-9,21H,(H,20,22)/b19-9+. The number of carbonyl (C=O) groups is 1. The van der Waals surface area contributed by atoms with Crippen LogP contribution in [-0.2, 0) is 6.18 Å². The van der Waals surface area contributed by atoms with E-state index in [0.29, 0.717) is 5.56 Å². The minimum atomic E-state index is -4.52. The van der Waals surface area contributed by atoms with E-state index >= 15 is 0 Å². The molecular formula is C15H11F3N2O2. The molecule has 0 atom stereocenters. The number of hydrazone groups is 1. The Morgan fingerprint density at radius 1 is 1.14 bits per heavy atom. The van der Waals surface area contributed by atoms with E-state index in [9.17, 15) is 23.1 Å². The van der Waals surface area contributed by atoms with Crippen LogP contribution in [0.3, 0.4) is 0 Å². The Kier molecular flexibility index (Phi) is 4.45. The lowest BCUT2D eigenvalue weighted by Crippen LogP contribution is -2.18. The van der Waals surface area contributed by atoms with E-state index < -0.39 is 17.6 Å². The van der Waals surface area contributed by atoms with Gasteiger partial charge in [-0.05, 0) is 30.3 Å². The highest BCUT2D eigenvalue weighted by Gasteiger charge is 2.30. The summed E-state index contributed by atoms with van der Waals surface area (Å²) in [7, 11) is 0. The number of rotatable bonds is 3. The zero-order valence-corrected chi connectivity index (χ0v) is 11.1. The van der Waals surface area contributed by atoms with E-state index in [4.69, 9.17) is 0 Å². The van der Waals surface area contributed by atoms with Crippen molar-refractivity contribution in [3.05, 3.63) is 65.2 Å². The predicted molar refractivity (Wildman–Crippen MR) is 74.6 cm³/mol. The Morgan fingerprint density at radius 2 is 1.86 bits per heavy atom. The number of aromatic hydroxyl groups is 1. The van der Waals surface area contributed by atoms with Crippen LogP contribution in [0.5, 0.6) is 5.75 Å². The second-order valence-electron chi connectivity index (χ2n) is 4.34. The molecule has 0 radical (unpaired) electrons. The fraction of sp³-hybridized carbons (Fsp3) is 0.0667. The zero-order chi connectivity index (χ0) is 16.2. The van der Waals surface area contributed by atoms with Gasteiger partial charge in [0.2, 0.25) is 0 Å². The van der Waals surface area contributed by atoms with Crippen LogP contribution in [0.2, 0.25) is 0 Å². The Balaban J connectivity index is 2.09. The molecule has 0 aliphatic rings. The van der Waals surface area contributed by atoms with Crippen LogP contribution < -0.4 is 5.43 Å². The molecule has 0 unspecified atom stereocenters. The minimum Gasteiger partial charge on any atom is -0.507 e. The number of benzene rings is 2. The molecule has 0 aliphatic heterocycles. The van der Waals surface area contributed by atoms with Gasteiger partial charge in [-0.25, -0.2) is 5.43 Å². The van der Waals surface area contributed by atoms with E-state index in [-0.39, 0.29) is 11.3 Å². The molecule has 22 heavy (non-hydrogen) atoms. The normalized spacial score (nSPS) is 11.6. The molecule has 2 aromatic rings. The number of alkyl halides is 3. The number of phenolic OH excluding ortho intramolecular Hbond substituents is 1. The SMILES string of the molecule is O=C(N/N=C/c1ccccc1O)c1cccc(C(F)(F)F)c1. The van der Waals surface area contributed by atoms with Crippen molar-refractivity contribution in [2.24, 2.45) is 5.10 Å². The summed E-state index contributed by atoms with van der Waals surface area (Å²) in [6, 6.07) is 10.3. The van der Waals surface area contributed by atoms with E-state index in [0.717, 1.165) is 18.2 Å². The van der Waals surface area contributed by atoms with Crippen molar-refractivity contribution < 1.29 is 23.1 Å². The maximum atomic E-state index is 12.6. The first kappa shape index (κ1) is 15.6. The summed E-state index contributed by atoms with van der Waals surface area (Å²) in [5.41, 5.74) is 1.40. The lowest BCUT2D eigenvalue weighted by molar-refractivity contribution is -0.137. The van der Waals surface area contributed by atoms with Crippen LogP contribution in [0.15, 0.2) is 53.6 Å². The average Bonchev–Trinajstić information content (AvgIpc) is 2.48. The van der Waals surface area contributed by atoms with Gasteiger partial charge in [0, 0.05) is 11.1 Å². The third kappa shape index (κ3) is 3.85. The lowest BCUT2D eigenvalue weighted by atomic mass is 10.1. The van der Waals surface area contributed by atoms with E-state index in [1.165, 1.54) is 18.3 Å². The van der Waals surface area contributed by atoms with Gasteiger partial charge in [-0.1, -0.05) is 18.2 Å². The Labute approximate surface area is 123 Å². The number of nitrogens with one attached hydrogen (secondary N) is 1. The summed E-state index contributed by atoms with van der Waals surface area (Å²) in [5, 5.41) is 13.1. The molecule has 4 nitrogen and oxygen atoms in total. The number of hydrogen-bond acceptors (Lipinski definition) is 3. The summed E-state index contributed by atoms with van der Waals surface area (Å²) in [6.07, 6.45) is -3.32. The smallest absolute Gasteiger partial charge is 0.416 e. The van der Waals surface area contributed by atoms with Crippen LogP contribution >= 0.6 is 0 Å². The molecule has 1 amide bonds. The molecular weight excluding hydrogens is 297 g/mol. The molecule has 0 saturated heterocycles. The quantitative estimate of drug-likeness (QED) is 0.676. The number of hydrogen-bond donors (Lipinski definition) is 2. The van der Waals surface area contributed by atoms with E-state index in [1.54, 1.807) is 18.2 Å². The van der Waals surface area contributed by atoms with Crippen LogP contribution in [0.25, 0.3) is 0 Å². The Bertz CT molecular complexity index is 712. The highest BCUT2D eigenvalue weighted by molar-refractivity contribution is 5.95. The first-order chi connectivity index (χ1) is 10.4. The van der Waals surface area contributed by atoms with Crippen molar-refractivity contribution in [2.75, 3.05) is 0 Å². The molecule has 114 valence electrons. The maximum Gasteiger partial charge on any atom is 0.416 e. The minimum absolute atomic E-state index is 0.0282. The molecule has 2 N–H and O–H groups in total. The van der Waals surface area contributed by atoms with Gasteiger partial charge in [-0.15, -0.1) is 0 Å². The fourth-order valence-corrected chi connectivity index (χ4v) is 1.66. The average molecular weight is 308 g/mol. The van der Waals surface area contributed by atoms with Crippen molar-refractivity contribution >= 4 is 12.1 Å². The second kappa shape index (κ2) is 6.30. The topological polar surface area (TPSA) is 61.7 Å². The summed E-state index contributed by atoms with van der Waals surface area (Å²) >= 11 is 0. The van der Waals surface area contributed by atoms with Gasteiger partial charge in [0.25, 0.3) is 5.91 Å². The van der Waals surface area contributed by atoms with Crippen LogP contribution in [0, 0.1) is 0 Å². The van der Waals surface area contributed by atoms with Gasteiger partial charge < -0.3 is 5.11 Å². The van der Waals surface area contributed by atoms with Crippen molar-refractivity contribution in [3.8, 4) is 5.75 Å². The number of phenols is 1. The van der Waals surface area contributed by atoms with E-state index in [2.05, 4.69) is 10.5 Å². The van der Waals surface area contributed by atoms with Crippen molar-refractivity contribution in [1.82, 2.24) is 5.43 Å². The monoisotopic (exact) mass is 308 g/mol. The second-order valence-corrected chi connectivity index (χ2v) is 4.34.